The van der Waals surface area contributed by atoms with Crippen LogP contribution in [0.4, 0.5) is 0 Å². The van der Waals surface area contributed by atoms with Crippen molar-refractivity contribution in [1.29, 1.82) is 5.26 Å². The van der Waals surface area contributed by atoms with Gasteiger partial charge in [0.2, 0.25) is 0 Å². The predicted molar refractivity (Wildman–Crippen MR) is 73.9 cm³/mol. The van der Waals surface area contributed by atoms with E-state index in [2.05, 4.69) is 51.0 Å². The van der Waals surface area contributed by atoms with Crippen LogP contribution in [0.1, 0.15) is 53.9 Å². The van der Waals surface area contributed by atoms with E-state index >= 15 is 0 Å². The molecule has 3 heteroatoms. The van der Waals surface area contributed by atoms with Crippen LogP contribution in [-0.2, 0) is 0 Å². The second-order valence-corrected chi connectivity index (χ2v) is 5.63. The Balaban J connectivity index is 4.32. The monoisotopic (exact) mass is 239 g/mol. The third-order valence-corrected chi connectivity index (χ3v) is 3.17. The number of nitrogens with one attached hydrogen (secondary N) is 1. The zero-order chi connectivity index (χ0) is 13.5. The van der Waals surface area contributed by atoms with Crippen LogP contribution in [0.3, 0.4) is 0 Å². The van der Waals surface area contributed by atoms with E-state index in [0.29, 0.717) is 12.1 Å². The molecule has 0 radical (unpaired) electrons. The first-order valence-electron chi connectivity index (χ1n) is 6.73. The summed E-state index contributed by atoms with van der Waals surface area (Å²) in [5.74, 6) is 0. The second kappa shape index (κ2) is 7.68. The second-order valence-electron chi connectivity index (χ2n) is 5.63. The molecule has 0 saturated heterocycles. The van der Waals surface area contributed by atoms with E-state index in [-0.39, 0.29) is 0 Å². The fraction of sp³-hybridized carbons (Fsp3) is 0.929. The maximum atomic E-state index is 9.31. The van der Waals surface area contributed by atoms with Crippen molar-refractivity contribution in [3.8, 4) is 6.07 Å². The topological polar surface area (TPSA) is 39.1 Å². The highest BCUT2D eigenvalue weighted by Gasteiger charge is 2.28. The predicted octanol–water partition coefficient (Wildman–Crippen LogP) is 2.78. The van der Waals surface area contributed by atoms with Crippen LogP contribution in [0.15, 0.2) is 0 Å². The van der Waals surface area contributed by atoms with Crippen molar-refractivity contribution < 1.29 is 0 Å². The Morgan fingerprint density at radius 2 is 1.94 bits per heavy atom. The number of hydrogen-bond donors (Lipinski definition) is 1. The molecule has 3 nitrogen and oxygen atoms in total. The molecule has 0 amide bonds. The van der Waals surface area contributed by atoms with Crippen molar-refractivity contribution in [2.45, 2.75) is 71.5 Å². The molecule has 1 N–H and O–H groups in total. The maximum absolute atomic E-state index is 9.31. The van der Waals surface area contributed by atoms with Crippen LogP contribution in [0.5, 0.6) is 0 Å². The Hall–Kier alpha value is -0.590. The minimum Gasteiger partial charge on any atom is -0.304 e. The molecule has 0 aromatic rings. The maximum Gasteiger partial charge on any atom is 0.105 e. The first-order chi connectivity index (χ1) is 7.84. The molecule has 0 aromatic heterocycles. The van der Waals surface area contributed by atoms with Gasteiger partial charge in [-0.3, -0.25) is 5.32 Å². The van der Waals surface area contributed by atoms with E-state index in [0.717, 1.165) is 13.0 Å². The van der Waals surface area contributed by atoms with E-state index in [1.807, 2.05) is 6.92 Å². The lowest BCUT2D eigenvalue weighted by molar-refractivity contribution is 0.206. The number of unbranched alkanes of at least 4 members (excludes halogenated alkanes) is 1. The lowest BCUT2D eigenvalue weighted by Crippen LogP contribution is -2.49. The first kappa shape index (κ1) is 16.4. The minimum absolute atomic E-state index is 0.341. The van der Waals surface area contributed by atoms with Crippen molar-refractivity contribution in [1.82, 2.24) is 10.2 Å². The van der Waals surface area contributed by atoms with Gasteiger partial charge in [0, 0.05) is 12.1 Å². The van der Waals surface area contributed by atoms with Gasteiger partial charge in [-0.1, -0.05) is 13.3 Å². The van der Waals surface area contributed by atoms with Gasteiger partial charge >= 0.3 is 0 Å². The number of rotatable bonds is 8. The molecule has 0 saturated carbocycles. The van der Waals surface area contributed by atoms with Crippen LogP contribution in [-0.4, -0.2) is 36.1 Å². The van der Waals surface area contributed by atoms with Crippen LogP contribution in [0, 0.1) is 11.3 Å². The fourth-order valence-electron chi connectivity index (χ4n) is 2.15. The van der Waals surface area contributed by atoms with Gasteiger partial charge in [-0.15, -0.1) is 0 Å². The highest BCUT2D eigenvalue weighted by Crippen LogP contribution is 2.16. The standard InChI is InChI=1S/C14H29N3/c1-7-8-9-17(6)13(4)10-14(5,11-15)16-12(2)3/h12-13,16H,7-10H2,1-6H3. The summed E-state index contributed by atoms with van der Waals surface area (Å²) >= 11 is 0. The molecule has 17 heavy (non-hydrogen) atoms. The summed E-state index contributed by atoms with van der Waals surface area (Å²) in [6, 6.07) is 3.18. The zero-order valence-electron chi connectivity index (χ0n) is 12.4. The summed E-state index contributed by atoms with van der Waals surface area (Å²) in [7, 11) is 2.15. The average molecular weight is 239 g/mol. The Morgan fingerprint density at radius 1 is 1.35 bits per heavy atom. The third-order valence-electron chi connectivity index (χ3n) is 3.17. The highest BCUT2D eigenvalue weighted by molar-refractivity contribution is 5.06. The van der Waals surface area contributed by atoms with Crippen molar-refractivity contribution in [3.05, 3.63) is 0 Å². The third kappa shape index (κ3) is 6.65. The van der Waals surface area contributed by atoms with Crippen molar-refractivity contribution >= 4 is 0 Å². The smallest absolute Gasteiger partial charge is 0.105 e. The molecule has 0 bridgehead atoms. The van der Waals surface area contributed by atoms with Gasteiger partial charge in [-0.2, -0.15) is 5.26 Å². The van der Waals surface area contributed by atoms with E-state index in [1.54, 1.807) is 0 Å². The molecular weight excluding hydrogens is 210 g/mol. The van der Waals surface area contributed by atoms with Crippen LogP contribution >= 0.6 is 0 Å². The average Bonchev–Trinajstić information content (AvgIpc) is 2.24. The first-order valence-corrected chi connectivity index (χ1v) is 6.73. The molecule has 0 heterocycles. The van der Waals surface area contributed by atoms with Crippen LogP contribution in [0.2, 0.25) is 0 Å². The van der Waals surface area contributed by atoms with Gasteiger partial charge in [0.05, 0.1) is 6.07 Å². The molecule has 0 aromatic carbocycles. The SMILES string of the molecule is CCCCN(C)C(C)CC(C)(C#N)NC(C)C. The largest absolute Gasteiger partial charge is 0.304 e. The summed E-state index contributed by atoms with van der Waals surface area (Å²) in [6.45, 7) is 11.7. The Labute approximate surface area is 107 Å². The van der Waals surface area contributed by atoms with E-state index in [9.17, 15) is 5.26 Å². The Bertz CT molecular complexity index is 244. The van der Waals surface area contributed by atoms with Gasteiger partial charge in [-0.05, 0) is 54.1 Å². The van der Waals surface area contributed by atoms with Crippen molar-refractivity contribution in [3.63, 3.8) is 0 Å². The highest BCUT2D eigenvalue weighted by atomic mass is 15.1. The summed E-state index contributed by atoms with van der Waals surface area (Å²) in [6.07, 6.45) is 3.31. The van der Waals surface area contributed by atoms with Gasteiger partial charge < -0.3 is 4.90 Å². The lowest BCUT2D eigenvalue weighted by atomic mass is 9.93. The summed E-state index contributed by atoms with van der Waals surface area (Å²) in [4.78, 5) is 2.35. The quantitative estimate of drug-likeness (QED) is 0.708. The van der Waals surface area contributed by atoms with E-state index in [1.165, 1.54) is 12.8 Å². The summed E-state index contributed by atoms with van der Waals surface area (Å²) in [5.41, 5.74) is -0.423. The minimum atomic E-state index is -0.423. The number of nitrogens with zero attached hydrogens (tertiary/aromatic N) is 2. The van der Waals surface area contributed by atoms with E-state index in [4.69, 9.17) is 0 Å². The zero-order valence-corrected chi connectivity index (χ0v) is 12.4. The molecule has 2 unspecified atom stereocenters. The van der Waals surface area contributed by atoms with E-state index < -0.39 is 5.54 Å². The van der Waals surface area contributed by atoms with Gasteiger partial charge in [-0.25, -0.2) is 0 Å². The van der Waals surface area contributed by atoms with Gasteiger partial charge in [0.25, 0.3) is 0 Å². The Morgan fingerprint density at radius 3 is 2.35 bits per heavy atom. The molecule has 0 rings (SSSR count). The van der Waals surface area contributed by atoms with Crippen molar-refractivity contribution in [2.24, 2.45) is 0 Å². The molecular formula is C14H29N3. The Kier molecular flexibility index (Phi) is 7.41. The molecule has 2 atom stereocenters. The molecule has 0 spiro atoms. The molecule has 100 valence electrons. The summed E-state index contributed by atoms with van der Waals surface area (Å²) in [5, 5.41) is 12.7. The van der Waals surface area contributed by atoms with Crippen molar-refractivity contribution in [2.75, 3.05) is 13.6 Å². The molecule has 0 aliphatic carbocycles. The molecule has 0 aliphatic heterocycles. The molecule has 0 fully saturated rings. The van der Waals surface area contributed by atoms with Crippen LogP contribution < -0.4 is 5.32 Å². The fourth-order valence-corrected chi connectivity index (χ4v) is 2.15. The number of hydrogen-bond acceptors (Lipinski definition) is 3. The lowest BCUT2D eigenvalue weighted by Gasteiger charge is -2.33. The number of nitriles is 1. The molecule has 0 aliphatic rings. The van der Waals surface area contributed by atoms with Gasteiger partial charge in [0.15, 0.2) is 0 Å². The van der Waals surface area contributed by atoms with Crippen LogP contribution in [0.25, 0.3) is 0 Å². The van der Waals surface area contributed by atoms with Gasteiger partial charge in [0.1, 0.15) is 5.54 Å². The normalized spacial score (nSPS) is 16.9. The summed E-state index contributed by atoms with van der Waals surface area (Å²) < 4.78 is 0.